The Labute approximate surface area is 149 Å². The van der Waals surface area contributed by atoms with E-state index in [1.165, 1.54) is 25.1 Å². The van der Waals surface area contributed by atoms with Gasteiger partial charge in [0.05, 0.1) is 0 Å². The van der Waals surface area contributed by atoms with Crippen LogP contribution in [0.25, 0.3) is 11.1 Å². The standard InChI is InChI=1S/C21H15FO4/c1-14(23)25-20-12-9-16(15-7-10-17(22)11-8-15)13-19(20)21(24)26-18-5-3-2-4-6-18/h2-13H,1H3. The Kier molecular flexibility index (Phi) is 5.08. The van der Waals surface area contributed by atoms with E-state index in [-0.39, 0.29) is 17.1 Å². The Morgan fingerprint density at radius 2 is 1.46 bits per heavy atom. The number of carbonyl (C=O) groups excluding carboxylic acids is 2. The lowest BCUT2D eigenvalue weighted by Gasteiger charge is -2.11. The number of esters is 2. The van der Waals surface area contributed by atoms with Gasteiger partial charge in [0, 0.05) is 6.92 Å². The number of hydrogen-bond acceptors (Lipinski definition) is 4. The predicted octanol–water partition coefficient (Wildman–Crippen LogP) is 4.64. The number of rotatable bonds is 4. The third-order valence-corrected chi connectivity index (χ3v) is 3.58. The normalized spacial score (nSPS) is 10.2. The molecule has 0 heterocycles. The van der Waals surface area contributed by atoms with Crippen LogP contribution in [-0.4, -0.2) is 11.9 Å². The summed E-state index contributed by atoms with van der Waals surface area (Å²) >= 11 is 0. The van der Waals surface area contributed by atoms with Gasteiger partial charge in [-0.3, -0.25) is 4.79 Å². The molecule has 3 aromatic rings. The smallest absolute Gasteiger partial charge is 0.347 e. The molecule has 0 saturated carbocycles. The fourth-order valence-electron chi connectivity index (χ4n) is 2.41. The first-order valence-electron chi connectivity index (χ1n) is 7.88. The Morgan fingerprint density at radius 1 is 0.808 bits per heavy atom. The van der Waals surface area contributed by atoms with Crippen LogP contribution in [0, 0.1) is 5.82 Å². The molecule has 0 N–H and O–H groups in total. The van der Waals surface area contributed by atoms with Crippen LogP contribution < -0.4 is 9.47 Å². The van der Waals surface area contributed by atoms with Crippen molar-refractivity contribution in [3.05, 3.63) is 84.2 Å². The average molecular weight is 350 g/mol. The molecule has 130 valence electrons. The highest BCUT2D eigenvalue weighted by molar-refractivity contribution is 5.96. The zero-order chi connectivity index (χ0) is 18.5. The minimum absolute atomic E-state index is 0.101. The first-order chi connectivity index (χ1) is 12.5. The summed E-state index contributed by atoms with van der Waals surface area (Å²) in [5, 5.41) is 0. The van der Waals surface area contributed by atoms with Gasteiger partial charge < -0.3 is 9.47 Å². The fraction of sp³-hybridized carbons (Fsp3) is 0.0476. The highest BCUT2D eigenvalue weighted by Crippen LogP contribution is 2.28. The molecule has 0 aliphatic rings. The molecule has 0 aliphatic carbocycles. The zero-order valence-corrected chi connectivity index (χ0v) is 13.9. The molecule has 3 rings (SSSR count). The number of para-hydroxylation sites is 1. The summed E-state index contributed by atoms with van der Waals surface area (Å²) in [5.41, 5.74) is 1.49. The largest absolute Gasteiger partial charge is 0.426 e. The molecule has 0 bridgehead atoms. The van der Waals surface area contributed by atoms with Crippen LogP contribution in [0.1, 0.15) is 17.3 Å². The molecule has 0 radical (unpaired) electrons. The van der Waals surface area contributed by atoms with Gasteiger partial charge in [0.2, 0.25) is 0 Å². The van der Waals surface area contributed by atoms with Gasteiger partial charge >= 0.3 is 11.9 Å². The Morgan fingerprint density at radius 3 is 2.12 bits per heavy atom. The molecular weight excluding hydrogens is 335 g/mol. The zero-order valence-electron chi connectivity index (χ0n) is 13.9. The maximum Gasteiger partial charge on any atom is 0.347 e. The van der Waals surface area contributed by atoms with Crippen molar-refractivity contribution in [1.82, 2.24) is 0 Å². The van der Waals surface area contributed by atoms with Crippen LogP contribution in [0.2, 0.25) is 0 Å². The number of benzene rings is 3. The van der Waals surface area contributed by atoms with Gasteiger partial charge in [-0.15, -0.1) is 0 Å². The minimum atomic E-state index is -0.656. The van der Waals surface area contributed by atoms with Gasteiger partial charge in [0.1, 0.15) is 22.9 Å². The van der Waals surface area contributed by atoms with E-state index in [1.807, 2.05) is 0 Å². The van der Waals surface area contributed by atoms with Crippen molar-refractivity contribution in [1.29, 1.82) is 0 Å². The van der Waals surface area contributed by atoms with E-state index in [1.54, 1.807) is 54.6 Å². The van der Waals surface area contributed by atoms with E-state index in [0.717, 1.165) is 5.56 Å². The van der Waals surface area contributed by atoms with E-state index in [9.17, 15) is 14.0 Å². The second-order valence-corrected chi connectivity index (χ2v) is 5.51. The SMILES string of the molecule is CC(=O)Oc1ccc(-c2ccc(F)cc2)cc1C(=O)Oc1ccccc1. The summed E-state index contributed by atoms with van der Waals surface area (Å²) in [5.74, 6) is -1.08. The molecule has 26 heavy (non-hydrogen) atoms. The maximum atomic E-state index is 13.1. The van der Waals surface area contributed by atoms with Crippen molar-refractivity contribution in [3.8, 4) is 22.6 Å². The molecule has 0 spiro atoms. The van der Waals surface area contributed by atoms with Crippen LogP contribution in [0.5, 0.6) is 11.5 Å². The maximum absolute atomic E-state index is 13.1. The number of halogens is 1. The van der Waals surface area contributed by atoms with Crippen molar-refractivity contribution < 1.29 is 23.5 Å². The van der Waals surface area contributed by atoms with E-state index in [0.29, 0.717) is 11.3 Å². The van der Waals surface area contributed by atoms with Crippen LogP contribution >= 0.6 is 0 Å². The van der Waals surface area contributed by atoms with Gasteiger partial charge in [0.25, 0.3) is 0 Å². The highest BCUT2D eigenvalue weighted by Gasteiger charge is 2.18. The summed E-state index contributed by atoms with van der Waals surface area (Å²) in [6.45, 7) is 1.25. The van der Waals surface area contributed by atoms with Crippen LogP contribution in [-0.2, 0) is 4.79 Å². The average Bonchev–Trinajstić information content (AvgIpc) is 2.63. The predicted molar refractivity (Wildman–Crippen MR) is 94.5 cm³/mol. The molecule has 0 amide bonds. The van der Waals surface area contributed by atoms with Crippen molar-refractivity contribution in [2.75, 3.05) is 0 Å². The van der Waals surface area contributed by atoms with Crippen LogP contribution in [0.4, 0.5) is 4.39 Å². The second-order valence-electron chi connectivity index (χ2n) is 5.51. The molecule has 0 saturated heterocycles. The molecular formula is C21H15FO4. The summed E-state index contributed by atoms with van der Waals surface area (Å²) < 4.78 is 23.6. The fourth-order valence-corrected chi connectivity index (χ4v) is 2.41. The van der Waals surface area contributed by atoms with Gasteiger partial charge in [-0.25, -0.2) is 9.18 Å². The monoisotopic (exact) mass is 350 g/mol. The number of hydrogen-bond donors (Lipinski definition) is 0. The van der Waals surface area contributed by atoms with E-state index in [2.05, 4.69) is 0 Å². The lowest BCUT2D eigenvalue weighted by Crippen LogP contribution is -2.12. The van der Waals surface area contributed by atoms with Crippen molar-refractivity contribution in [3.63, 3.8) is 0 Å². The van der Waals surface area contributed by atoms with E-state index >= 15 is 0 Å². The van der Waals surface area contributed by atoms with Crippen LogP contribution in [0.15, 0.2) is 72.8 Å². The van der Waals surface area contributed by atoms with E-state index in [4.69, 9.17) is 9.47 Å². The molecule has 5 heteroatoms. The van der Waals surface area contributed by atoms with Gasteiger partial charge in [-0.05, 0) is 47.5 Å². The van der Waals surface area contributed by atoms with E-state index < -0.39 is 11.9 Å². The lowest BCUT2D eigenvalue weighted by molar-refractivity contribution is -0.131. The molecule has 0 aliphatic heterocycles. The molecule has 0 aromatic heterocycles. The molecule has 0 fully saturated rings. The first kappa shape index (κ1) is 17.4. The first-order valence-corrected chi connectivity index (χ1v) is 7.88. The molecule has 0 unspecified atom stereocenters. The Bertz CT molecular complexity index is 934. The Balaban J connectivity index is 1.98. The minimum Gasteiger partial charge on any atom is -0.426 e. The molecule has 4 nitrogen and oxygen atoms in total. The van der Waals surface area contributed by atoms with Crippen molar-refractivity contribution in [2.45, 2.75) is 6.92 Å². The summed E-state index contributed by atoms with van der Waals surface area (Å²) in [4.78, 5) is 23.9. The number of carbonyl (C=O) groups is 2. The quantitative estimate of drug-likeness (QED) is 0.508. The van der Waals surface area contributed by atoms with Gasteiger partial charge in [-0.1, -0.05) is 36.4 Å². The van der Waals surface area contributed by atoms with Crippen LogP contribution in [0.3, 0.4) is 0 Å². The lowest BCUT2D eigenvalue weighted by atomic mass is 10.0. The molecule has 3 aromatic carbocycles. The second kappa shape index (κ2) is 7.61. The van der Waals surface area contributed by atoms with Crippen molar-refractivity contribution >= 4 is 11.9 Å². The topological polar surface area (TPSA) is 52.6 Å². The van der Waals surface area contributed by atoms with Gasteiger partial charge in [-0.2, -0.15) is 0 Å². The summed E-state index contributed by atoms with van der Waals surface area (Å²) in [7, 11) is 0. The highest BCUT2D eigenvalue weighted by atomic mass is 19.1. The number of ether oxygens (including phenoxy) is 2. The Hall–Kier alpha value is -3.47. The summed E-state index contributed by atoms with van der Waals surface area (Å²) in [6.07, 6.45) is 0. The third kappa shape index (κ3) is 4.13. The van der Waals surface area contributed by atoms with Gasteiger partial charge in [0.15, 0.2) is 0 Å². The van der Waals surface area contributed by atoms with Crippen molar-refractivity contribution in [2.24, 2.45) is 0 Å². The summed E-state index contributed by atoms with van der Waals surface area (Å²) in [6, 6.07) is 19.2. The third-order valence-electron chi connectivity index (χ3n) is 3.58. The molecule has 0 atom stereocenters.